The van der Waals surface area contributed by atoms with Gasteiger partial charge >= 0.3 is 0 Å². The van der Waals surface area contributed by atoms with Crippen molar-refractivity contribution >= 4 is 0 Å². The number of nitrogens with two attached hydrogens (primary N) is 1. The zero-order chi connectivity index (χ0) is 6.93. The van der Waals surface area contributed by atoms with Gasteiger partial charge in [0.1, 0.15) is 0 Å². The summed E-state index contributed by atoms with van der Waals surface area (Å²) in [6.07, 6.45) is 2.74. The molecule has 2 fully saturated rings. The van der Waals surface area contributed by atoms with Crippen molar-refractivity contribution < 1.29 is 0 Å². The standard InChI is InChI=1S/C9H13N/c1-5-7-6-4-9(6,2-3-10)8(5)7/h6-7H,2-4,10H2,1H3. The fourth-order valence-corrected chi connectivity index (χ4v) is 3.22. The number of hydrogen-bond donors (Lipinski definition) is 1. The second kappa shape index (κ2) is 1.20. The minimum Gasteiger partial charge on any atom is -0.330 e. The number of allylic oxidation sites excluding steroid dienone is 2. The zero-order valence-corrected chi connectivity index (χ0v) is 6.35. The number of fused-ring (bicyclic) bond motifs is 4. The first kappa shape index (κ1) is 5.36. The first-order valence-corrected chi connectivity index (χ1v) is 4.22. The van der Waals surface area contributed by atoms with Crippen LogP contribution in [0.2, 0.25) is 0 Å². The van der Waals surface area contributed by atoms with Crippen LogP contribution in [-0.4, -0.2) is 6.54 Å². The summed E-state index contributed by atoms with van der Waals surface area (Å²) < 4.78 is 0. The average molecular weight is 135 g/mol. The highest BCUT2D eigenvalue weighted by Crippen LogP contribution is 2.85. The van der Waals surface area contributed by atoms with E-state index in [-0.39, 0.29) is 0 Å². The summed E-state index contributed by atoms with van der Waals surface area (Å²) in [5.41, 5.74) is 9.77. The fraction of sp³-hybridized carbons (Fsp3) is 0.778. The van der Waals surface area contributed by atoms with Gasteiger partial charge in [0.2, 0.25) is 0 Å². The molecule has 54 valence electrons. The zero-order valence-electron chi connectivity index (χ0n) is 6.35. The van der Waals surface area contributed by atoms with E-state index in [0.717, 1.165) is 18.4 Å². The highest BCUT2D eigenvalue weighted by molar-refractivity contribution is 5.61. The highest BCUT2D eigenvalue weighted by Gasteiger charge is 2.77. The van der Waals surface area contributed by atoms with Gasteiger partial charge in [0.15, 0.2) is 0 Å². The van der Waals surface area contributed by atoms with E-state index in [2.05, 4.69) is 6.92 Å². The Hall–Kier alpha value is -0.300. The molecule has 2 N–H and O–H groups in total. The quantitative estimate of drug-likeness (QED) is 0.567. The maximum atomic E-state index is 5.55. The van der Waals surface area contributed by atoms with Crippen molar-refractivity contribution in [2.24, 2.45) is 23.0 Å². The van der Waals surface area contributed by atoms with Crippen molar-refractivity contribution in [1.29, 1.82) is 0 Å². The van der Waals surface area contributed by atoms with Crippen LogP contribution >= 0.6 is 0 Å². The van der Waals surface area contributed by atoms with Crippen LogP contribution in [0.5, 0.6) is 0 Å². The monoisotopic (exact) mass is 135 g/mol. The molecule has 0 aliphatic heterocycles. The molecule has 0 bridgehead atoms. The third kappa shape index (κ3) is 0.323. The summed E-state index contributed by atoms with van der Waals surface area (Å²) in [6, 6.07) is 0. The van der Waals surface area contributed by atoms with Gasteiger partial charge in [-0.15, -0.1) is 0 Å². The molecule has 3 atom stereocenters. The second-order valence-electron chi connectivity index (χ2n) is 4.08. The van der Waals surface area contributed by atoms with E-state index in [9.17, 15) is 0 Å². The molecule has 0 saturated heterocycles. The van der Waals surface area contributed by atoms with Gasteiger partial charge in [0.05, 0.1) is 0 Å². The van der Waals surface area contributed by atoms with Crippen LogP contribution in [0, 0.1) is 17.3 Å². The van der Waals surface area contributed by atoms with E-state index in [1.54, 1.807) is 5.57 Å². The van der Waals surface area contributed by atoms with Gasteiger partial charge in [-0.1, -0.05) is 11.1 Å². The van der Waals surface area contributed by atoms with Gasteiger partial charge in [0, 0.05) is 5.92 Å². The van der Waals surface area contributed by atoms with E-state index in [1.807, 2.05) is 5.57 Å². The van der Waals surface area contributed by atoms with Crippen molar-refractivity contribution in [3.8, 4) is 0 Å². The molecular formula is C9H13N. The summed E-state index contributed by atoms with van der Waals surface area (Å²) in [5.74, 6) is 2.05. The smallest absolute Gasteiger partial charge is 0.00528 e. The van der Waals surface area contributed by atoms with Crippen LogP contribution in [-0.2, 0) is 0 Å². The summed E-state index contributed by atoms with van der Waals surface area (Å²) >= 11 is 0. The van der Waals surface area contributed by atoms with Gasteiger partial charge in [-0.05, 0) is 37.6 Å². The summed E-state index contributed by atoms with van der Waals surface area (Å²) in [7, 11) is 0. The molecule has 0 spiro atoms. The van der Waals surface area contributed by atoms with Gasteiger partial charge in [-0.3, -0.25) is 0 Å². The average Bonchev–Trinajstić information content (AvgIpc) is 2.63. The predicted octanol–water partition coefficient (Wildman–Crippen LogP) is 1.30. The summed E-state index contributed by atoms with van der Waals surface area (Å²) in [4.78, 5) is 0. The fourth-order valence-electron chi connectivity index (χ4n) is 3.22. The molecule has 10 heavy (non-hydrogen) atoms. The normalized spacial score (nSPS) is 53.4. The molecule has 3 rings (SSSR count). The van der Waals surface area contributed by atoms with E-state index in [4.69, 9.17) is 5.73 Å². The van der Waals surface area contributed by atoms with Crippen LogP contribution in [0.3, 0.4) is 0 Å². The third-order valence-corrected chi connectivity index (χ3v) is 3.78. The second-order valence-corrected chi connectivity index (χ2v) is 4.08. The van der Waals surface area contributed by atoms with Gasteiger partial charge < -0.3 is 5.73 Å². The Bertz CT molecular complexity index is 241. The lowest BCUT2D eigenvalue weighted by atomic mass is 9.82. The largest absolute Gasteiger partial charge is 0.330 e. The lowest BCUT2D eigenvalue weighted by molar-refractivity contribution is 0.394. The summed E-state index contributed by atoms with van der Waals surface area (Å²) in [5, 5.41) is 0. The Balaban J connectivity index is 1.86. The molecule has 3 unspecified atom stereocenters. The molecule has 0 aromatic rings. The number of hydrogen-bond acceptors (Lipinski definition) is 1. The van der Waals surface area contributed by atoms with Crippen molar-refractivity contribution in [2.75, 3.05) is 6.54 Å². The van der Waals surface area contributed by atoms with Gasteiger partial charge in [0.25, 0.3) is 0 Å². The first-order chi connectivity index (χ1) is 4.81. The maximum Gasteiger partial charge on any atom is 0.00528 e. The molecule has 0 aromatic heterocycles. The van der Waals surface area contributed by atoms with Crippen LogP contribution in [0.15, 0.2) is 11.1 Å². The van der Waals surface area contributed by atoms with Crippen molar-refractivity contribution in [1.82, 2.24) is 0 Å². The Morgan fingerprint density at radius 3 is 3.00 bits per heavy atom. The Morgan fingerprint density at radius 2 is 2.50 bits per heavy atom. The van der Waals surface area contributed by atoms with E-state index >= 15 is 0 Å². The van der Waals surface area contributed by atoms with Crippen molar-refractivity contribution in [2.45, 2.75) is 19.8 Å². The molecule has 0 heterocycles. The maximum absolute atomic E-state index is 5.55. The molecule has 0 aromatic carbocycles. The van der Waals surface area contributed by atoms with E-state index < -0.39 is 0 Å². The van der Waals surface area contributed by atoms with E-state index in [0.29, 0.717) is 5.41 Å². The molecular weight excluding hydrogens is 122 g/mol. The minimum absolute atomic E-state index is 0.698. The molecule has 0 radical (unpaired) electrons. The van der Waals surface area contributed by atoms with Gasteiger partial charge in [-0.25, -0.2) is 0 Å². The van der Waals surface area contributed by atoms with Gasteiger partial charge in [-0.2, -0.15) is 0 Å². The highest BCUT2D eigenvalue weighted by atomic mass is 14.8. The molecule has 0 amide bonds. The van der Waals surface area contributed by atoms with Crippen LogP contribution in [0.25, 0.3) is 0 Å². The predicted molar refractivity (Wildman–Crippen MR) is 40.4 cm³/mol. The molecule has 3 aliphatic rings. The topological polar surface area (TPSA) is 26.0 Å². The Labute approximate surface area is 61.3 Å². The lowest BCUT2D eigenvalue weighted by Crippen LogP contribution is -2.20. The summed E-state index contributed by atoms with van der Waals surface area (Å²) in [6.45, 7) is 3.18. The molecule has 1 heteroatoms. The van der Waals surface area contributed by atoms with E-state index in [1.165, 1.54) is 12.8 Å². The third-order valence-electron chi connectivity index (χ3n) is 3.78. The minimum atomic E-state index is 0.698. The van der Waals surface area contributed by atoms with Crippen LogP contribution in [0.4, 0.5) is 0 Å². The SMILES string of the molecule is CC1=C2C1C1CC21CCN. The van der Waals surface area contributed by atoms with Crippen molar-refractivity contribution in [3.63, 3.8) is 0 Å². The first-order valence-electron chi connectivity index (χ1n) is 4.22. The Kier molecular flexibility index (Phi) is 0.646. The number of rotatable bonds is 2. The van der Waals surface area contributed by atoms with Crippen molar-refractivity contribution in [3.05, 3.63) is 11.1 Å². The molecule has 1 nitrogen and oxygen atoms in total. The lowest BCUT2D eigenvalue weighted by Gasteiger charge is -2.22. The van der Waals surface area contributed by atoms with Crippen LogP contribution < -0.4 is 5.73 Å². The molecule has 3 aliphatic carbocycles. The van der Waals surface area contributed by atoms with Crippen LogP contribution in [0.1, 0.15) is 19.8 Å². The Morgan fingerprint density at radius 1 is 1.70 bits per heavy atom. The molecule has 2 saturated carbocycles.